The van der Waals surface area contributed by atoms with Crippen molar-refractivity contribution in [3.8, 4) is 5.69 Å². The summed E-state index contributed by atoms with van der Waals surface area (Å²) in [7, 11) is 0. The molecule has 1 amide bonds. The number of carbonyl (C=O) groups excluding carboxylic acids is 1. The van der Waals surface area contributed by atoms with Gasteiger partial charge in [0.05, 0.1) is 11.4 Å². The van der Waals surface area contributed by atoms with Gasteiger partial charge in [-0.1, -0.05) is 6.92 Å². The maximum Gasteiger partial charge on any atom is 0.223 e. The van der Waals surface area contributed by atoms with E-state index in [-0.39, 0.29) is 30.0 Å². The van der Waals surface area contributed by atoms with Crippen LogP contribution in [0.5, 0.6) is 0 Å². The number of nitrogens with one attached hydrogen (secondary N) is 2. The first-order chi connectivity index (χ1) is 11.1. The van der Waals surface area contributed by atoms with Crippen molar-refractivity contribution in [1.29, 1.82) is 0 Å². The summed E-state index contributed by atoms with van der Waals surface area (Å²) in [4.78, 5) is 12.0. The highest BCUT2D eigenvalue weighted by Crippen LogP contribution is 2.15. The van der Waals surface area contributed by atoms with Gasteiger partial charge in [0.15, 0.2) is 0 Å². The fraction of sp³-hybridized carbons (Fsp3) is 0.412. The Morgan fingerprint density at radius 2 is 2.08 bits per heavy atom. The van der Waals surface area contributed by atoms with Crippen LogP contribution in [0.1, 0.15) is 12.6 Å². The molecule has 2 heterocycles. The van der Waals surface area contributed by atoms with Crippen LogP contribution in [0.15, 0.2) is 36.5 Å². The molecular formula is C17H22ClFN4O. The molecule has 7 heteroatoms. The van der Waals surface area contributed by atoms with E-state index < -0.39 is 0 Å². The van der Waals surface area contributed by atoms with Crippen LogP contribution >= 0.6 is 12.4 Å². The van der Waals surface area contributed by atoms with Gasteiger partial charge in [0, 0.05) is 25.1 Å². The van der Waals surface area contributed by atoms with Crippen LogP contribution in [0, 0.1) is 17.7 Å². The van der Waals surface area contributed by atoms with Gasteiger partial charge in [-0.25, -0.2) is 9.07 Å². The molecule has 2 N–H and O–H groups in total. The summed E-state index contributed by atoms with van der Waals surface area (Å²) in [6, 6.07) is 8.10. The Balaban J connectivity index is 0.00000208. The molecule has 0 spiro atoms. The quantitative estimate of drug-likeness (QED) is 0.835. The third-order valence-electron chi connectivity index (χ3n) is 4.35. The molecule has 1 fully saturated rings. The van der Waals surface area contributed by atoms with E-state index in [0.29, 0.717) is 18.9 Å². The summed E-state index contributed by atoms with van der Waals surface area (Å²) in [6.45, 7) is 4.40. The van der Waals surface area contributed by atoms with Crippen molar-refractivity contribution in [2.24, 2.45) is 11.8 Å². The number of amides is 1. The smallest absolute Gasteiger partial charge is 0.223 e. The van der Waals surface area contributed by atoms with E-state index in [0.717, 1.165) is 24.5 Å². The molecule has 0 bridgehead atoms. The zero-order valence-corrected chi connectivity index (χ0v) is 14.4. The van der Waals surface area contributed by atoms with Crippen LogP contribution in [0.3, 0.4) is 0 Å². The Morgan fingerprint density at radius 3 is 2.71 bits per heavy atom. The Bertz CT molecular complexity index is 669. The molecule has 3 rings (SSSR count). The van der Waals surface area contributed by atoms with Gasteiger partial charge in [0.2, 0.25) is 5.91 Å². The van der Waals surface area contributed by atoms with E-state index in [1.165, 1.54) is 12.1 Å². The average molecular weight is 353 g/mol. The minimum Gasteiger partial charge on any atom is -0.355 e. The zero-order valence-electron chi connectivity index (χ0n) is 13.5. The van der Waals surface area contributed by atoms with Crippen LogP contribution in [0.2, 0.25) is 0 Å². The lowest BCUT2D eigenvalue weighted by Crippen LogP contribution is -2.49. The highest BCUT2D eigenvalue weighted by atomic mass is 35.5. The van der Waals surface area contributed by atoms with Crippen molar-refractivity contribution in [1.82, 2.24) is 20.4 Å². The Morgan fingerprint density at radius 1 is 1.38 bits per heavy atom. The number of hydrogen-bond donors (Lipinski definition) is 2. The largest absolute Gasteiger partial charge is 0.355 e. The zero-order chi connectivity index (χ0) is 16.2. The third kappa shape index (κ3) is 4.33. The van der Waals surface area contributed by atoms with Crippen LogP contribution in [-0.4, -0.2) is 35.3 Å². The van der Waals surface area contributed by atoms with E-state index in [9.17, 15) is 9.18 Å². The Labute approximate surface area is 147 Å². The first-order valence-electron chi connectivity index (χ1n) is 7.92. The number of hydrogen-bond acceptors (Lipinski definition) is 3. The van der Waals surface area contributed by atoms with Crippen molar-refractivity contribution in [3.63, 3.8) is 0 Å². The molecule has 1 saturated heterocycles. The summed E-state index contributed by atoms with van der Waals surface area (Å²) >= 11 is 0. The van der Waals surface area contributed by atoms with E-state index in [1.54, 1.807) is 16.8 Å². The van der Waals surface area contributed by atoms with Crippen molar-refractivity contribution in [2.75, 3.05) is 19.6 Å². The van der Waals surface area contributed by atoms with Gasteiger partial charge in [-0.3, -0.25) is 4.79 Å². The van der Waals surface area contributed by atoms with Crippen LogP contribution in [0.25, 0.3) is 5.69 Å². The normalized spacial score (nSPS) is 15.2. The van der Waals surface area contributed by atoms with Crippen molar-refractivity contribution < 1.29 is 9.18 Å². The van der Waals surface area contributed by atoms with Gasteiger partial charge in [0.1, 0.15) is 5.82 Å². The number of benzene rings is 1. The lowest BCUT2D eigenvalue weighted by atomic mass is 9.88. The van der Waals surface area contributed by atoms with Crippen LogP contribution in [0.4, 0.5) is 4.39 Å². The molecule has 0 saturated carbocycles. The van der Waals surface area contributed by atoms with Crippen molar-refractivity contribution in [2.45, 2.75) is 13.3 Å². The summed E-state index contributed by atoms with van der Waals surface area (Å²) < 4.78 is 14.6. The molecule has 1 aliphatic rings. The minimum atomic E-state index is -0.264. The first-order valence-corrected chi connectivity index (χ1v) is 7.92. The molecule has 24 heavy (non-hydrogen) atoms. The second-order valence-corrected chi connectivity index (χ2v) is 5.98. The van der Waals surface area contributed by atoms with Gasteiger partial charge >= 0.3 is 0 Å². The molecule has 2 aromatic rings. The number of rotatable bonds is 6. The van der Waals surface area contributed by atoms with E-state index >= 15 is 0 Å². The summed E-state index contributed by atoms with van der Waals surface area (Å²) in [6.07, 6.45) is 2.52. The molecule has 0 aliphatic carbocycles. The molecule has 1 aliphatic heterocycles. The second kappa shape index (κ2) is 8.26. The van der Waals surface area contributed by atoms with E-state index in [1.807, 2.05) is 19.2 Å². The second-order valence-electron chi connectivity index (χ2n) is 5.98. The fourth-order valence-corrected chi connectivity index (χ4v) is 2.59. The van der Waals surface area contributed by atoms with Crippen molar-refractivity contribution >= 4 is 18.3 Å². The fourth-order valence-electron chi connectivity index (χ4n) is 2.59. The molecule has 1 aromatic heterocycles. The summed E-state index contributed by atoms with van der Waals surface area (Å²) in [5, 5.41) is 10.6. The topological polar surface area (TPSA) is 59.0 Å². The molecular weight excluding hydrogens is 331 g/mol. The van der Waals surface area contributed by atoms with Crippen LogP contribution < -0.4 is 10.6 Å². The molecule has 1 unspecified atom stereocenters. The van der Waals surface area contributed by atoms with Crippen molar-refractivity contribution in [3.05, 3.63) is 48.0 Å². The standard InChI is InChI=1S/C17H21FN4O.ClH/c1-12(13-10-19-11-13)17(23)20-8-6-15-7-9-22(21-15)16-4-2-14(18)3-5-16;/h2-5,7,9,12-13,19H,6,8,10-11H2,1H3,(H,20,23);1H. The van der Waals surface area contributed by atoms with Gasteiger partial charge in [0.25, 0.3) is 0 Å². The maximum absolute atomic E-state index is 12.9. The minimum absolute atomic E-state index is 0. The van der Waals surface area contributed by atoms with Gasteiger partial charge in [-0.05, 0) is 49.3 Å². The SMILES string of the molecule is CC(C(=O)NCCc1ccn(-c2ccc(F)cc2)n1)C1CNC1.Cl. The number of aromatic nitrogens is 2. The highest BCUT2D eigenvalue weighted by Gasteiger charge is 2.28. The first kappa shape index (κ1) is 18.4. The predicted molar refractivity (Wildman–Crippen MR) is 93.0 cm³/mol. The number of nitrogens with zero attached hydrogens (tertiary/aromatic N) is 2. The Hall–Kier alpha value is -1.92. The third-order valence-corrected chi connectivity index (χ3v) is 4.35. The molecule has 1 atom stereocenters. The van der Waals surface area contributed by atoms with E-state index in [2.05, 4.69) is 15.7 Å². The summed E-state index contributed by atoms with van der Waals surface area (Å²) in [5.41, 5.74) is 1.71. The van der Waals surface area contributed by atoms with Crippen LogP contribution in [-0.2, 0) is 11.2 Å². The van der Waals surface area contributed by atoms with Gasteiger partial charge in [-0.15, -0.1) is 12.4 Å². The maximum atomic E-state index is 12.9. The average Bonchev–Trinajstić information content (AvgIpc) is 2.95. The predicted octanol–water partition coefficient (Wildman–Crippen LogP) is 1.95. The van der Waals surface area contributed by atoms with E-state index in [4.69, 9.17) is 0 Å². The highest BCUT2D eigenvalue weighted by molar-refractivity contribution is 5.85. The molecule has 130 valence electrons. The lowest BCUT2D eigenvalue weighted by molar-refractivity contribution is -0.126. The monoisotopic (exact) mass is 352 g/mol. The summed E-state index contributed by atoms with van der Waals surface area (Å²) in [5.74, 6) is 0.342. The van der Waals surface area contributed by atoms with Gasteiger partial charge in [-0.2, -0.15) is 5.10 Å². The molecule has 0 radical (unpaired) electrons. The number of carbonyl (C=O) groups is 1. The lowest BCUT2D eigenvalue weighted by Gasteiger charge is -2.31. The number of halogens is 2. The van der Waals surface area contributed by atoms with Gasteiger partial charge < -0.3 is 10.6 Å². The molecule has 1 aromatic carbocycles. The molecule has 5 nitrogen and oxygen atoms in total. The Kier molecular flexibility index (Phi) is 6.34.